The van der Waals surface area contributed by atoms with Crippen molar-refractivity contribution in [3.63, 3.8) is 0 Å². The Balaban J connectivity index is 1.88. The van der Waals surface area contributed by atoms with E-state index in [9.17, 15) is 13.2 Å². The fourth-order valence-corrected chi connectivity index (χ4v) is 5.12. The molecule has 0 radical (unpaired) electrons. The smallest absolute Gasteiger partial charge is 0.254 e. The van der Waals surface area contributed by atoms with Gasteiger partial charge >= 0.3 is 0 Å². The Labute approximate surface area is 150 Å². The van der Waals surface area contributed by atoms with E-state index >= 15 is 0 Å². The normalized spacial score (nSPS) is 22.1. The van der Waals surface area contributed by atoms with Crippen LogP contribution in [0.3, 0.4) is 0 Å². The third-order valence-electron chi connectivity index (χ3n) is 5.29. The first kappa shape index (κ1) is 18.4. The summed E-state index contributed by atoms with van der Waals surface area (Å²) in [5.41, 5.74) is 1.29. The number of rotatable bonds is 4. The highest BCUT2D eigenvalue weighted by molar-refractivity contribution is 7.89. The summed E-state index contributed by atoms with van der Waals surface area (Å²) in [6.07, 6.45) is 3.79. The van der Waals surface area contributed by atoms with Crippen molar-refractivity contribution in [3.8, 4) is 0 Å². The van der Waals surface area contributed by atoms with Crippen LogP contribution in [0.1, 0.15) is 41.6 Å². The van der Waals surface area contributed by atoms with E-state index in [4.69, 9.17) is 0 Å². The van der Waals surface area contributed by atoms with Gasteiger partial charge in [-0.25, -0.2) is 8.42 Å². The van der Waals surface area contributed by atoms with Crippen LogP contribution < -0.4 is 5.32 Å². The molecular formula is C18H27N3O3S. The molecule has 0 aromatic heterocycles. The van der Waals surface area contributed by atoms with Gasteiger partial charge in [-0.2, -0.15) is 4.31 Å². The number of nitrogens with zero attached hydrogens (tertiary/aromatic N) is 2. The van der Waals surface area contributed by atoms with Crippen molar-refractivity contribution in [3.05, 3.63) is 29.3 Å². The summed E-state index contributed by atoms with van der Waals surface area (Å²) >= 11 is 0. The van der Waals surface area contributed by atoms with Crippen LogP contribution in [0.15, 0.2) is 23.1 Å². The lowest BCUT2D eigenvalue weighted by Crippen LogP contribution is -2.39. The number of nitrogens with one attached hydrogen (secondary N) is 1. The van der Waals surface area contributed by atoms with E-state index in [2.05, 4.69) is 5.32 Å². The molecule has 6 nitrogen and oxygen atoms in total. The summed E-state index contributed by atoms with van der Waals surface area (Å²) in [4.78, 5) is 14.9. The second-order valence-electron chi connectivity index (χ2n) is 7.00. The fourth-order valence-electron chi connectivity index (χ4n) is 3.57. The molecule has 0 spiro atoms. The molecule has 7 heteroatoms. The Morgan fingerprint density at radius 2 is 1.96 bits per heavy atom. The maximum Gasteiger partial charge on any atom is 0.254 e. The summed E-state index contributed by atoms with van der Waals surface area (Å²) in [5.74, 6) is -0.109. The topological polar surface area (TPSA) is 69.7 Å². The lowest BCUT2D eigenvalue weighted by Gasteiger charge is -2.27. The van der Waals surface area contributed by atoms with Crippen LogP contribution in [0, 0.1) is 6.92 Å². The van der Waals surface area contributed by atoms with Crippen molar-refractivity contribution in [2.45, 2.75) is 43.5 Å². The Morgan fingerprint density at radius 3 is 2.60 bits per heavy atom. The molecule has 1 amide bonds. The second kappa shape index (κ2) is 7.43. The molecule has 0 aliphatic carbocycles. The molecule has 0 bridgehead atoms. The summed E-state index contributed by atoms with van der Waals surface area (Å²) in [5, 5.41) is 3.26. The van der Waals surface area contributed by atoms with Crippen molar-refractivity contribution in [2.24, 2.45) is 0 Å². The van der Waals surface area contributed by atoms with Crippen LogP contribution in [0.4, 0.5) is 0 Å². The van der Waals surface area contributed by atoms with Crippen molar-refractivity contribution in [1.29, 1.82) is 0 Å². The largest absolute Gasteiger partial charge is 0.337 e. The van der Waals surface area contributed by atoms with E-state index in [0.29, 0.717) is 18.7 Å². The Kier molecular flexibility index (Phi) is 5.46. The SMILES string of the molecule is Cc1ccc(S(=O)(=O)N2CCCCC2)cc1C(=O)N(C)C1CCNC1. The van der Waals surface area contributed by atoms with Crippen LogP contribution in [0.2, 0.25) is 0 Å². The maximum atomic E-state index is 12.9. The van der Waals surface area contributed by atoms with Crippen LogP contribution in [-0.2, 0) is 10.0 Å². The highest BCUT2D eigenvalue weighted by atomic mass is 32.2. The number of benzene rings is 1. The predicted octanol–water partition coefficient (Wildman–Crippen LogP) is 1.60. The average molecular weight is 365 g/mol. The van der Waals surface area contributed by atoms with E-state index < -0.39 is 10.0 Å². The van der Waals surface area contributed by atoms with E-state index in [-0.39, 0.29) is 16.8 Å². The Morgan fingerprint density at radius 1 is 1.24 bits per heavy atom. The molecule has 0 saturated carbocycles. The zero-order chi connectivity index (χ0) is 18.0. The lowest BCUT2D eigenvalue weighted by molar-refractivity contribution is 0.0743. The van der Waals surface area contributed by atoms with E-state index in [1.165, 1.54) is 0 Å². The highest BCUT2D eigenvalue weighted by Crippen LogP contribution is 2.24. The van der Waals surface area contributed by atoms with Gasteiger partial charge in [0.25, 0.3) is 5.91 Å². The number of hydrogen-bond donors (Lipinski definition) is 1. The molecule has 138 valence electrons. The van der Waals surface area contributed by atoms with Gasteiger partial charge in [0.05, 0.1) is 4.90 Å². The summed E-state index contributed by atoms with van der Waals surface area (Å²) in [6, 6.07) is 5.08. The van der Waals surface area contributed by atoms with Crippen LogP contribution in [0.5, 0.6) is 0 Å². The number of carbonyl (C=O) groups is 1. The third kappa shape index (κ3) is 3.73. The molecule has 2 fully saturated rings. The number of amides is 1. The molecule has 2 aliphatic heterocycles. The fraction of sp³-hybridized carbons (Fsp3) is 0.611. The van der Waals surface area contributed by atoms with Gasteiger partial charge in [0.2, 0.25) is 10.0 Å². The minimum absolute atomic E-state index is 0.109. The molecule has 1 aromatic rings. The first-order chi connectivity index (χ1) is 11.9. The Hall–Kier alpha value is -1.44. The average Bonchev–Trinajstić information content (AvgIpc) is 3.16. The first-order valence-electron chi connectivity index (χ1n) is 9.00. The standard InChI is InChI=1S/C18H27N3O3S/c1-14-6-7-16(25(23,24)21-10-4-3-5-11-21)12-17(14)18(22)20(2)15-8-9-19-13-15/h6-7,12,15,19H,3-5,8-11,13H2,1-2H3. The monoisotopic (exact) mass is 365 g/mol. The Bertz CT molecular complexity index is 736. The molecule has 2 heterocycles. The van der Waals surface area contributed by atoms with Gasteiger partial charge in [-0.15, -0.1) is 0 Å². The van der Waals surface area contributed by atoms with Gasteiger partial charge in [-0.3, -0.25) is 4.79 Å². The van der Waals surface area contributed by atoms with E-state index in [0.717, 1.165) is 44.3 Å². The number of likely N-dealkylation sites (N-methyl/N-ethyl adjacent to an activating group) is 1. The number of aryl methyl sites for hydroxylation is 1. The van der Waals surface area contributed by atoms with Crippen molar-refractivity contribution >= 4 is 15.9 Å². The quantitative estimate of drug-likeness (QED) is 0.880. The van der Waals surface area contributed by atoms with Crippen molar-refractivity contribution in [1.82, 2.24) is 14.5 Å². The molecule has 3 rings (SSSR count). The van der Waals surface area contributed by atoms with E-state index in [1.807, 2.05) is 6.92 Å². The summed E-state index contributed by atoms with van der Waals surface area (Å²) in [6.45, 7) is 4.67. The molecule has 1 atom stereocenters. The van der Waals surface area contributed by atoms with Gasteiger partial charge in [-0.1, -0.05) is 12.5 Å². The summed E-state index contributed by atoms with van der Waals surface area (Å²) < 4.78 is 27.3. The van der Waals surface area contributed by atoms with Gasteiger partial charge in [0.1, 0.15) is 0 Å². The van der Waals surface area contributed by atoms with Crippen LogP contribution >= 0.6 is 0 Å². The van der Waals surface area contributed by atoms with Crippen molar-refractivity contribution < 1.29 is 13.2 Å². The lowest BCUT2D eigenvalue weighted by atomic mass is 10.1. The van der Waals surface area contributed by atoms with E-state index in [1.54, 1.807) is 34.5 Å². The minimum Gasteiger partial charge on any atom is -0.337 e. The minimum atomic E-state index is -3.53. The van der Waals surface area contributed by atoms with Gasteiger partial charge in [-0.05, 0) is 50.4 Å². The molecule has 25 heavy (non-hydrogen) atoms. The van der Waals surface area contributed by atoms with Gasteiger partial charge in [0.15, 0.2) is 0 Å². The third-order valence-corrected chi connectivity index (χ3v) is 7.19. The molecule has 2 aliphatic rings. The van der Waals surface area contributed by atoms with Crippen molar-refractivity contribution in [2.75, 3.05) is 33.2 Å². The van der Waals surface area contributed by atoms with Gasteiger partial charge in [0, 0.05) is 38.3 Å². The first-order valence-corrected chi connectivity index (χ1v) is 10.4. The number of sulfonamides is 1. The maximum absolute atomic E-state index is 12.9. The van der Waals surface area contributed by atoms with Crippen LogP contribution in [-0.4, -0.2) is 62.8 Å². The number of hydrogen-bond acceptors (Lipinski definition) is 4. The highest BCUT2D eigenvalue weighted by Gasteiger charge is 2.29. The zero-order valence-electron chi connectivity index (χ0n) is 15.0. The van der Waals surface area contributed by atoms with Crippen LogP contribution in [0.25, 0.3) is 0 Å². The number of carbonyl (C=O) groups excluding carboxylic acids is 1. The predicted molar refractivity (Wildman–Crippen MR) is 97.2 cm³/mol. The molecule has 1 aromatic carbocycles. The molecule has 1 N–H and O–H groups in total. The number of piperidine rings is 1. The molecule has 2 saturated heterocycles. The molecule has 1 unspecified atom stereocenters. The zero-order valence-corrected chi connectivity index (χ0v) is 15.8. The van der Waals surface area contributed by atoms with Gasteiger partial charge < -0.3 is 10.2 Å². The molecular weight excluding hydrogens is 338 g/mol. The summed E-state index contributed by atoms with van der Waals surface area (Å²) in [7, 11) is -1.73. The second-order valence-corrected chi connectivity index (χ2v) is 8.94.